The Morgan fingerprint density at radius 3 is 2.96 bits per heavy atom. The van der Waals surface area contributed by atoms with E-state index in [4.69, 9.17) is 25.8 Å². The molecular formula is C19H17ClN2O4S. The minimum Gasteiger partial charge on any atom is -0.454 e. The SMILES string of the molecule is CCOCCn1c(=NC(=O)c2ccc3c(c2)OCO3)sc2cc(Cl)ccc21. The van der Waals surface area contributed by atoms with Crippen LogP contribution in [0, 0.1) is 0 Å². The summed E-state index contributed by atoms with van der Waals surface area (Å²) in [5, 5.41) is 0.648. The van der Waals surface area contributed by atoms with E-state index in [0.29, 0.717) is 46.6 Å². The van der Waals surface area contributed by atoms with Crippen LogP contribution in [0.5, 0.6) is 11.5 Å². The van der Waals surface area contributed by atoms with E-state index in [1.54, 1.807) is 18.2 Å². The first-order chi connectivity index (χ1) is 13.2. The molecule has 0 saturated heterocycles. The fourth-order valence-electron chi connectivity index (χ4n) is 2.83. The van der Waals surface area contributed by atoms with Gasteiger partial charge in [-0.25, -0.2) is 0 Å². The van der Waals surface area contributed by atoms with E-state index < -0.39 is 0 Å². The monoisotopic (exact) mass is 404 g/mol. The highest BCUT2D eigenvalue weighted by Gasteiger charge is 2.16. The molecule has 1 amide bonds. The van der Waals surface area contributed by atoms with Gasteiger partial charge in [0.2, 0.25) is 6.79 Å². The predicted octanol–water partition coefficient (Wildman–Crippen LogP) is 3.86. The van der Waals surface area contributed by atoms with Gasteiger partial charge in [-0.3, -0.25) is 4.79 Å². The molecule has 27 heavy (non-hydrogen) atoms. The van der Waals surface area contributed by atoms with Crippen molar-refractivity contribution in [2.24, 2.45) is 4.99 Å². The minimum atomic E-state index is -0.337. The minimum absolute atomic E-state index is 0.165. The zero-order valence-electron chi connectivity index (χ0n) is 14.6. The first kappa shape index (κ1) is 18.0. The topological polar surface area (TPSA) is 62.1 Å². The number of carbonyl (C=O) groups excluding carboxylic acids is 1. The molecule has 0 fully saturated rings. The Bertz CT molecular complexity index is 1070. The van der Waals surface area contributed by atoms with Crippen molar-refractivity contribution in [3.05, 3.63) is 51.8 Å². The lowest BCUT2D eigenvalue weighted by Crippen LogP contribution is -2.19. The van der Waals surface area contributed by atoms with Gasteiger partial charge in [-0.2, -0.15) is 4.99 Å². The molecule has 0 atom stereocenters. The zero-order chi connectivity index (χ0) is 18.8. The van der Waals surface area contributed by atoms with Gasteiger partial charge < -0.3 is 18.8 Å². The average molecular weight is 405 g/mol. The third-order valence-electron chi connectivity index (χ3n) is 4.12. The van der Waals surface area contributed by atoms with Crippen molar-refractivity contribution in [1.29, 1.82) is 0 Å². The lowest BCUT2D eigenvalue weighted by Gasteiger charge is -2.05. The molecule has 0 saturated carbocycles. The van der Waals surface area contributed by atoms with Crippen molar-refractivity contribution < 1.29 is 19.0 Å². The third kappa shape index (κ3) is 3.71. The molecule has 2 aromatic carbocycles. The van der Waals surface area contributed by atoms with Gasteiger partial charge in [0.05, 0.1) is 16.8 Å². The van der Waals surface area contributed by atoms with Crippen molar-refractivity contribution in [1.82, 2.24) is 4.57 Å². The maximum atomic E-state index is 12.7. The Morgan fingerprint density at radius 2 is 2.11 bits per heavy atom. The van der Waals surface area contributed by atoms with Crippen molar-refractivity contribution in [2.75, 3.05) is 20.0 Å². The van der Waals surface area contributed by atoms with Crippen LogP contribution in [0.4, 0.5) is 0 Å². The van der Waals surface area contributed by atoms with Gasteiger partial charge in [-0.05, 0) is 43.3 Å². The van der Waals surface area contributed by atoms with Gasteiger partial charge in [0.1, 0.15) is 0 Å². The molecule has 8 heteroatoms. The van der Waals surface area contributed by atoms with Crippen LogP contribution in [0.15, 0.2) is 41.4 Å². The number of hydrogen-bond acceptors (Lipinski definition) is 5. The van der Waals surface area contributed by atoms with Crippen molar-refractivity contribution in [3.8, 4) is 11.5 Å². The second-order valence-electron chi connectivity index (χ2n) is 5.83. The molecule has 3 aromatic rings. The maximum absolute atomic E-state index is 12.7. The van der Waals surface area contributed by atoms with Crippen molar-refractivity contribution in [2.45, 2.75) is 13.5 Å². The average Bonchev–Trinajstić information content (AvgIpc) is 3.25. The molecule has 0 N–H and O–H groups in total. The number of halogens is 1. The molecule has 1 aliphatic rings. The second-order valence-corrected chi connectivity index (χ2v) is 7.28. The van der Waals surface area contributed by atoms with Crippen LogP contribution in [0.2, 0.25) is 5.02 Å². The fourth-order valence-corrected chi connectivity index (χ4v) is 4.16. The molecule has 0 aliphatic carbocycles. The number of carbonyl (C=O) groups is 1. The number of rotatable bonds is 5. The van der Waals surface area contributed by atoms with E-state index in [-0.39, 0.29) is 12.7 Å². The molecule has 140 valence electrons. The number of ether oxygens (including phenoxy) is 3. The van der Waals surface area contributed by atoms with E-state index in [1.165, 1.54) is 11.3 Å². The van der Waals surface area contributed by atoms with E-state index in [0.717, 1.165) is 10.2 Å². The van der Waals surface area contributed by atoms with Gasteiger partial charge in [-0.15, -0.1) is 0 Å². The number of benzene rings is 2. The van der Waals surface area contributed by atoms with Gasteiger partial charge in [0, 0.05) is 23.7 Å². The molecule has 0 unspecified atom stereocenters. The first-order valence-corrected chi connectivity index (χ1v) is 9.70. The highest BCUT2D eigenvalue weighted by Crippen LogP contribution is 2.32. The molecular weight excluding hydrogens is 388 g/mol. The van der Waals surface area contributed by atoms with Gasteiger partial charge in [-0.1, -0.05) is 22.9 Å². The summed E-state index contributed by atoms with van der Waals surface area (Å²) in [4.78, 5) is 17.7. The summed E-state index contributed by atoms with van der Waals surface area (Å²) >= 11 is 7.54. The Hall–Kier alpha value is -2.35. The Balaban J connectivity index is 1.74. The summed E-state index contributed by atoms with van der Waals surface area (Å²) in [6.07, 6.45) is 0. The summed E-state index contributed by atoms with van der Waals surface area (Å²) in [5.41, 5.74) is 1.42. The lowest BCUT2D eigenvalue weighted by molar-refractivity contribution is 0.0996. The first-order valence-electron chi connectivity index (χ1n) is 8.51. The van der Waals surface area contributed by atoms with Crippen LogP contribution in [0.3, 0.4) is 0 Å². The normalized spacial score (nSPS) is 13.5. The number of fused-ring (bicyclic) bond motifs is 2. The zero-order valence-corrected chi connectivity index (χ0v) is 16.2. The van der Waals surface area contributed by atoms with E-state index in [1.807, 2.05) is 29.7 Å². The maximum Gasteiger partial charge on any atom is 0.279 e. The van der Waals surface area contributed by atoms with E-state index in [2.05, 4.69) is 4.99 Å². The van der Waals surface area contributed by atoms with E-state index >= 15 is 0 Å². The van der Waals surface area contributed by atoms with Crippen LogP contribution in [-0.4, -0.2) is 30.5 Å². The summed E-state index contributed by atoms with van der Waals surface area (Å²) in [5.74, 6) is 0.856. The lowest BCUT2D eigenvalue weighted by atomic mass is 10.2. The predicted molar refractivity (Wildman–Crippen MR) is 104 cm³/mol. The van der Waals surface area contributed by atoms with Crippen LogP contribution in [-0.2, 0) is 11.3 Å². The van der Waals surface area contributed by atoms with Crippen molar-refractivity contribution >= 4 is 39.1 Å². The summed E-state index contributed by atoms with van der Waals surface area (Å²) in [7, 11) is 0. The molecule has 4 rings (SSSR count). The number of thiazole rings is 1. The Kier molecular flexibility index (Phi) is 5.15. The van der Waals surface area contributed by atoms with Gasteiger partial charge >= 0.3 is 0 Å². The van der Waals surface area contributed by atoms with Gasteiger partial charge in [0.25, 0.3) is 5.91 Å². The quantitative estimate of drug-likeness (QED) is 0.606. The van der Waals surface area contributed by atoms with Crippen molar-refractivity contribution in [3.63, 3.8) is 0 Å². The molecule has 0 spiro atoms. The molecule has 0 bridgehead atoms. The van der Waals surface area contributed by atoms with Gasteiger partial charge in [0.15, 0.2) is 16.3 Å². The molecule has 2 heterocycles. The summed E-state index contributed by atoms with van der Waals surface area (Å²) < 4.78 is 19.1. The molecule has 1 aliphatic heterocycles. The Labute approximate surface area is 164 Å². The third-order valence-corrected chi connectivity index (χ3v) is 5.40. The highest BCUT2D eigenvalue weighted by atomic mass is 35.5. The molecule has 1 aromatic heterocycles. The largest absolute Gasteiger partial charge is 0.454 e. The summed E-state index contributed by atoms with van der Waals surface area (Å²) in [6, 6.07) is 10.7. The number of aromatic nitrogens is 1. The van der Waals surface area contributed by atoms with Crippen LogP contribution >= 0.6 is 22.9 Å². The smallest absolute Gasteiger partial charge is 0.279 e. The van der Waals surface area contributed by atoms with E-state index in [9.17, 15) is 4.79 Å². The number of nitrogens with zero attached hydrogens (tertiary/aromatic N) is 2. The Morgan fingerprint density at radius 1 is 1.26 bits per heavy atom. The standard InChI is InChI=1S/C19H17ClN2O4S/c1-2-24-8-7-22-14-5-4-13(20)10-17(14)27-19(22)21-18(23)12-3-6-15-16(9-12)26-11-25-15/h3-6,9-10H,2,7-8,11H2,1H3. The number of amides is 1. The second kappa shape index (κ2) is 7.72. The molecule has 0 radical (unpaired) electrons. The number of hydrogen-bond donors (Lipinski definition) is 0. The highest BCUT2D eigenvalue weighted by molar-refractivity contribution is 7.16. The summed E-state index contributed by atoms with van der Waals surface area (Å²) in [6.45, 7) is 3.89. The van der Waals surface area contributed by atoms with Crippen LogP contribution in [0.25, 0.3) is 10.2 Å². The molecule has 6 nitrogen and oxygen atoms in total. The van der Waals surface area contributed by atoms with Crippen LogP contribution in [0.1, 0.15) is 17.3 Å². The van der Waals surface area contributed by atoms with Crippen LogP contribution < -0.4 is 14.3 Å². The fraction of sp³-hybridized carbons (Fsp3) is 0.263.